The first-order valence-corrected chi connectivity index (χ1v) is 32.1. The molecule has 4 amide bonds. The number of nitrogens with one attached hydrogen (secondary N) is 2. The summed E-state index contributed by atoms with van der Waals surface area (Å²) in [4.78, 5) is 84.1. The predicted molar refractivity (Wildman–Crippen MR) is 328 cm³/mol. The van der Waals surface area contributed by atoms with Crippen LogP contribution < -0.4 is 10.6 Å². The molecule has 0 spiro atoms. The van der Waals surface area contributed by atoms with Gasteiger partial charge in [0.15, 0.2) is 0 Å². The Labute approximate surface area is 522 Å². The summed E-state index contributed by atoms with van der Waals surface area (Å²) < 4.78 is 42.3. The van der Waals surface area contributed by atoms with Gasteiger partial charge in [0.05, 0.1) is 84.6 Å². The Balaban J connectivity index is 0.713. The molecule has 1 unspecified atom stereocenters. The molecule has 450 valence electrons. The van der Waals surface area contributed by atoms with Crippen molar-refractivity contribution < 1.29 is 36.8 Å². The third-order valence-corrected chi connectivity index (χ3v) is 20.8. The number of pyridine rings is 4. The highest BCUT2D eigenvalue weighted by Gasteiger charge is 2.47. The van der Waals surface area contributed by atoms with Crippen molar-refractivity contribution in [2.24, 2.45) is 0 Å². The van der Waals surface area contributed by atoms with Crippen molar-refractivity contribution in [3.63, 3.8) is 0 Å². The van der Waals surface area contributed by atoms with Crippen molar-refractivity contribution in [2.75, 3.05) is 13.1 Å². The molecule has 8 aromatic heterocycles. The van der Waals surface area contributed by atoms with Crippen LogP contribution in [0.3, 0.4) is 0 Å². The zero-order valence-electron chi connectivity index (χ0n) is 48.9. The van der Waals surface area contributed by atoms with Crippen molar-refractivity contribution in [1.29, 1.82) is 0 Å². The number of halogens is 2. The number of nitrogens with zero attached hydrogens (tertiary/aromatic N) is 10. The van der Waals surface area contributed by atoms with Crippen LogP contribution in [0.15, 0.2) is 112 Å². The number of carbonyl (C=O) groups excluding carboxylic acids is 4. The Morgan fingerprint density at radius 1 is 0.578 bits per heavy atom. The van der Waals surface area contributed by atoms with Gasteiger partial charge in [-0.2, -0.15) is 0 Å². The lowest BCUT2D eigenvalue weighted by Gasteiger charge is -2.19. The summed E-state index contributed by atoms with van der Waals surface area (Å²) in [6.07, 6.45) is 10.2. The third kappa shape index (κ3) is 9.51. The summed E-state index contributed by atoms with van der Waals surface area (Å²) in [5.74, 6) is -0.969. The number of carbonyl (C=O) groups is 4. The minimum atomic E-state index is -0.522. The van der Waals surface area contributed by atoms with E-state index < -0.39 is 17.8 Å². The summed E-state index contributed by atoms with van der Waals surface area (Å²) in [6, 6.07) is 25.0. The fourth-order valence-electron chi connectivity index (χ4n) is 14.6. The highest BCUT2D eigenvalue weighted by atomic mass is 32.1. The molecule has 2 aliphatic carbocycles. The summed E-state index contributed by atoms with van der Waals surface area (Å²) in [5, 5.41) is 24.0. The smallest absolute Gasteiger partial charge is 0.261 e. The van der Waals surface area contributed by atoms with Gasteiger partial charge in [-0.25, -0.2) is 8.78 Å². The van der Waals surface area contributed by atoms with Gasteiger partial charge in [-0.3, -0.25) is 39.1 Å². The van der Waals surface area contributed by atoms with Crippen LogP contribution in [-0.4, -0.2) is 86.8 Å². The fourth-order valence-corrected chi connectivity index (χ4v) is 16.5. The Bertz CT molecular complexity index is 4620. The first-order chi connectivity index (χ1) is 43.9. The van der Waals surface area contributed by atoms with Crippen LogP contribution >= 0.6 is 22.7 Å². The third-order valence-electron chi connectivity index (χ3n) is 18.6. The lowest BCUT2D eigenvalue weighted by molar-refractivity contribution is 0.0768. The summed E-state index contributed by atoms with van der Waals surface area (Å²) in [7, 11) is 0. The maximum absolute atomic E-state index is 15.9. The van der Waals surface area contributed by atoms with Crippen LogP contribution in [0.1, 0.15) is 182 Å². The van der Waals surface area contributed by atoms with Crippen molar-refractivity contribution in [3.8, 4) is 43.8 Å². The van der Waals surface area contributed by atoms with Gasteiger partial charge in [0.2, 0.25) is 23.6 Å². The van der Waals surface area contributed by atoms with Crippen LogP contribution in [-0.2, 0) is 32.1 Å². The van der Waals surface area contributed by atoms with Crippen LogP contribution in [0.5, 0.6) is 0 Å². The van der Waals surface area contributed by atoms with E-state index in [2.05, 4.69) is 36.0 Å². The normalized spacial score (nSPS) is 19.3. The molecule has 6 aliphatic rings. The van der Waals surface area contributed by atoms with Gasteiger partial charge < -0.3 is 29.3 Å². The second kappa shape index (κ2) is 22.2. The second-order valence-corrected chi connectivity index (χ2v) is 26.1. The largest absolute Gasteiger partial charge is 0.421 e. The molecule has 0 bridgehead atoms. The highest BCUT2D eigenvalue weighted by Crippen LogP contribution is 2.52. The SMILES string of the molecule is Cc1nnc(-c2c(CCc3ccc(F)cc3)nc3c(c2-c2ccc(C(=O)N[C@H]4CC(c5cc(F)ccc5CCc5nc6c(c(-c7ccc(C(=O)N[C@@H]8CCc9ncccc98)s7)c5-c5nnc(C)o5)C(=O)N5CCC[C@H]65)c5ncccc54)s2)C(=O)N2CCC[C@H]32)o1. The Kier molecular flexibility index (Phi) is 13.7. The van der Waals surface area contributed by atoms with Crippen molar-refractivity contribution in [2.45, 2.75) is 115 Å². The molecule has 2 aromatic carbocycles. The molecule has 10 aromatic rings. The molecule has 4 aliphatic heterocycles. The van der Waals surface area contributed by atoms with E-state index in [9.17, 15) is 23.6 Å². The zero-order valence-corrected chi connectivity index (χ0v) is 50.5. The number of fused-ring (bicyclic) bond motifs is 8. The molecule has 18 nitrogen and oxygen atoms in total. The molecule has 22 heteroatoms. The number of hydrogen-bond donors (Lipinski definition) is 2. The summed E-state index contributed by atoms with van der Waals surface area (Å²) in [6.45, 7) is 4.59. The monoisotopic (exact) mass is 1240 g/mol. The lowest BCUT2D eigenvalue weighted by atomic mass is 9.88. The molecule has 16 rings (SSSR count). The maximum Gasteiger partial charge on any atom is 0.261 e. The molecular formula is C68H56F2N12O6S2. The molecule has 2 N–H and O–H groups in total. The number of benzene rings is 2. The van der Waals surface area contributed by atoms with Crippen LogP contribution in [0.2, 0.25) is 0 Å². The van der Waals surface area contributed by atoms with Gasteiger partial charge in [-0.05, 0) is 159 Å². The average Bonchev–Trinajstić information content (AvgIpc) is 4.37. The average molecular weight is 1240 g/mol. The van der Waals surface area contributed by atoms with E-state index in [1.165, 1.54) is 40.9 Å². The van der Waals surface area contributed by atoms with E-state index >= 15 is 4.39 Å². The van der Waals surface area contributed by atoms with Crippen molar-refractivity contribution in [3.05, 3.63) is 210 Å². The van der Waals surface area contributed by atoms with E-state index in [1.807, 2.05) is 46.2 Å². The van der Waals surface area contributed by atoms with Gasteiger partial charge in [0, 0.05) is 71.8 Å². The molecular weight excluding hydrogens is 1180 g/mol. The summed E-state index contributed by atoms with van der Waals surface area (Å²) >= 11 is 2.55. The van der Waals surface area contributed by atoms with Crippen molar-refractivity contribution >= 4 is 46.3 Å². The quantitative estimate of drug-likeness (QED) is 0.0973. The number of aromatic nitrogens is 8. The minimum absolute atomic E-state index is 0.133. The first kappa shape index (κ1) is 55.7. The zero-order chi connectivity index (χ0) is 61.1. The van der Waals surface area contributed by atoms with E-state index in [4.69, 9.17) is 23.8 Å². The van der Waals surface area contributed by atoms with Gasteiger partial charge >= 0.3 is 0 Å². The molecule has 12 heterocycles. The maximum atomic E-state index is 15.9. The number of hydrogen-bond acceptors (Lipinski definition) is 16. The van der Waals surface area contributed by atoms with E-state index in [0.717, 1.165) is 66.5 Å². The highest BCUT2D eigenvalue weighted by molar-refractivity contribution is 7.17. The first-order valence-electron chi connectivity index (χ1n) is 30.5. The van der Waals surface area contributed by atoms with E-state index in [1.54, 1.807) is 62.6 Å². The van der Waals surface area contributed by atoms with Gasteiger partial charge in [-0.15, -0.1) is 43.1 Å². The molecule has 2 saturated heterocycles. The lowest BCUT2D eigenvalue weighted by Crippen LogP contribution is -2.26. The number of aryl methyl sites for hydroxylation is 7. The molecule has 0 saturated carbocycles. The van der Waals surface area contributed by atoms with Gasteiger partial charge in [0.1, 0.15) is 11.6 Å². The minimum Gasteiger partial charge on any atom is -0.421 e. The van der Waals surface area contributed by atoms with E-state index in [-0.39, 0.29) is 59.4 Å². The van der Waals surface area contributed by atoms with Crippen LogP contribution in [0, 0.1) is 25.5 Å². The summed E-state index contributed by atoms with van der Waals surface area (Å²) in [5.41, 5.74) is 11.7. The Morgan fingerprint density at radius 2 is 1.14 bits per heavy atom. The molecule has 90 heavy (non-hydrogen) atoms. The van der Waals surface area contributed by atoms with Crippen LogP contribution in [0.25, 0.3) is 43.8 Å². The number of thiophene rings is 2. The number of amides is 4. The van der Waals surface area contributed by atoms with Gasteiger partial charge in [0.25, 0.3) is 23.6 Å². The van der Waals surface area contributed by atoms with Gasteiger partial charge in [-0.1, -0.05) is 30.3 Å². The second-order valence-electron chi connectivity index (χ2n) is 23.9. The molecule has 5 atom stereocenters. The molecule has 0 radical (unpaired) electrons. The Morgan fingerprint density at radius 3 is 1.74 bits per heavy atom. The standard InChI is InChI=1S/C68H56F2N12O6S2/c1-33-77-79-65(87-33)54-45(19-13-35-11-16-37(69)17-12-35)73-61-48-9-5-29-81(48)67(85)58(61)56(54)50-24-26-53(90-50)64(84)76-47-32-42(60-40(47)8-4-28-72-60)41-31-38(70)18-14-36(41)15-20-46-55(66-80-78-34(2)88-66)57(59-62(74-46)49-10-6-30-82(49)68(59)86)51-23-25-52(89-51)63(83)75-44-22-21-43-39(44)7-3-27-71-43/h3-4,7-8,11-12,14,16-18,23-28,31,42,44,47-49H,5-6,9-10,13,15,19-22,29-30,32H2,1-2H3,(H,75,83)(H,76,84)/t42?,44-,47+,48-,49-/m1/s1. The Hall–Kier alpha value is -9.54. The topological polar surface area (TPSA) is 228 Å². The van der Waals surface area contributed by atoms with Crippen molar-refractivity contribution in [1.82, 2.24) is 60.8 Å². The van der Waals surface area contributed by atoms with Crippen LogP contribution in [0.4, 0.5) is 8.78 Å². The predicted octanol–water partition coefficient (Wildman–Crippen LogP) is 12.3. The van der Waals surface area contributed by atoms with E-state index in [0.29, 0.717) is 144 Å². The number of rotatable bonds is 15. The fraction of sp³-hybridized carbons (Fsp3) is 0.294. The molecule has 2 fully saturated rings.